The van der Waals surface area contributed by atoms with Gasteiger partial charge in [-0.15, -0.1) is 0 Å². The van der Waals surface area contributed by atoms with E-state index in [1.54, 1.807) is 20.3 Å². The van der Waals surface area contributed by atoms with Gasteiger partial charge in [-0.3, -0.25) is 0 Å². The van der Waals surface area contributed by atoms with Crippen LogP contribution in [0.3, 0.4) is 0 Å². The van der Waals surface area contributed by atoms with Crippen LogP contribution in [0.1, 0.15) is 23.1 Å². The summed E-state index contributed by atoms with van der Waals surface area (Å²) in [6, 6.07) is 15.1. The summed E-state index contributed by atoms with van der Waals surface area (Å²) in [7, 11) is 3.12. The number of ether oxygens (including phenoxy) is 6. The number of hydrogen-bond donors (Lipinski definition) is 5. The van der Waals surface area contributed by atoms with Crippen molar-refractivity contribution in [3.63, 3.8) is 0 Å². The zero-order chi connectivity index (χ0) is 29.3. The molecule has 3 aromatic rings. The van der Waals surface area contributed by atoms with E-state index in [2.05, 4.69) is 5.32 Å². The topological polar surface area (TPSA) is 165 Å². The Balaban J connectivity index is 1.36. The predicted octanol–water partition coefficient (Wildman–Crippen LogP) is 2.05. The quantitative estimate of drug-likeness (QED) is 0.306. The number of hydrogen-bond acceptors (Lipinski definition) is 11. The van der Waals surface area contributed by atoms with Gasteiger partial charge < -0.3 is 54.2 Å². The molecule has 42 heavy (non-hydrogen) atoms. The lowest BCUT2D eigenvalue weighted by molar-refractivity contribution is -0.325. The average Bonchev–Trinajstić information content (AvgIpc) is 3.40. The van der Waals surface area contributed by atoms with E-state index < -0.39 is 42.3 Å². The van der Waals surface area contributed by atoms with Gasteiger partial charge in [-0.25, -0.2) is 4.79 Å². The summed E-state index contributed by atoms with van der Waals surface area (Å²) in [5.41, 5.74) is 3.70. The van der Waals surface area contributed by atoms with Gasteiger partial charge in [-0.2, -0.15) is 0 Å². The molecule has 0 aromatic heterocycles. The second kappa shape index (κ2) is 9.66. The van der Waals surface area contributed by atoms with E-state index >= 15 is 0 Å². The summed E-state index contributed by atoms with van der Waals surface area (Å²) in [4.78, 5) is 11.8. The molecule has 0 radical (unpaired) electrons. The molecule has 4 aliphatic rings. The Morgan fingerprint density at radius 2 is 1.81 bits per heavy atom. The minimum atomic E-state index is -2.00. The Bertz CT molecular complexity index is 1560. The molecule has 0 amide bonds. The second-order valence-corrected chi connectivity index (χ2v) is 10.7. The smallest absolute Gasteiger partial charge is 0.335 e. The van der Waals surface area contributed by atoms with Gasteiger partial charge in [0.1, 0.15) is 30.1 Å². The van der Waals surface area contributed by atoms with Crippen molar-refractivity contribution in [3.8, 4) is 39.9 Å². The molecule has 1 spiro atoms. The van der Waals surface area contributed by atoms with Crippen molar-refractivity contribution in [2.24, 2.45) is 0 Å². The third kappa shape index (κ3) is 3.72. The Morgan fingerprint density at radius 1 is 1.02 bits per heavy atom. The van der Waals surface area contributed by atoms with Crippen LogP contribution < -0.4 is 29.0 Å². The molecule has 7 rings (SSSR count). The number of aliphatic hydroxyl groups is 3. The fourth-order valence-corrected chi connectivity index (χ4v) is 6.34. The predicted molar refractivity (Wildman–Crippen MR) is 145 cm³/mol. The maximum absolute atomic E-state index is 11.8. The lowest BCUT2D eigenvalue weighted by Gasteiger charge is -2.49. The first-order valence-electron chi connectivity index (χ1n) is 13.5. The Hall–Kier alpha value is -4.23. The first kappa shape index (κ1) is 26.7. The van der Waals surface area contributed by atoms with Gasteiger partial charge in [-0.05, 0) is 23.3 Å². The van der Waals surface area contributed by atoms with E-state index in [1.807, 2.05) is 42.5 Å². The van der Waals surface area contributed by atoms with Crippen LogP contribution in [0.2, 0.25) is 0 Å². The monoisotopic (exact) mass is 579 g/mol. The SMILES string of the molecule is COc1ccc2c(c1OC)OC1c3c(-c4ccccc4)cc4c(c3OCC21)NCC1(O4)OC(C(=O)O)C(O)C(O)C1O. The van der Waals surface area contributed by atoms with E-state index in [-0.39, 0.29) is 24.8 Å². The van der Waals surface area contributed by atoms with Crippen molar-refractivity contribution < 1.29 is 53.6 Å². The molecule has 0 bridgehead atoms. The molecule has 4 aliphatic heterocycles. The Kier molecular flexibility index (Phi) is 6.13. The van der Waals surface area contributed by atoms with E-state index in [0.29, 0.717) is 28.7 Å². The van der Waals surface area contributed by atoms with Crippen LogP contribution in [-0.2, 0) is 9.53 Å². The van der Waals surface area contributed by atoms with E-state index in [1.165, 1.54) is 0 Å². The van der Waals surface area contributed by atoms with Gasteiger partial charge in [0, 0.05) is 11.1 Å². The molecule has 220 valence electrons. The summed E-state index contributed by atoms with van der Waals surface area (Å²) >= 11 is 0. The minimum Gasteiger partial charge on any atom is -0.493 e. The molecule has 7 atom stereocenters. The number of aliphatic carboxylic acids is 1. The Morgan fingerprint density at radius 3 is 2.52 bits per heavy atom. The number of benzene rings is 3. The molecule has 5 N–H and O–H groups in total. The van der Waals surface area contributed by atoms with Crippen LogP contribution in [0.4, 0.5) is 5.69 Å². The fourth-order valence-electron chi connectivity index (χ4n) is 6.34. The average molecular weight is 580 g/mol. The highest BCUT2D eigenvalue weighted by molar-refractivity contribution is 5.83. The largest absolute Gasteiger partial charge is 0.493 e. The number of anilines is 1. The zero-order valence-corrected chi connectivity index (χ0v) is 22.6. The van der Waals surface area contributed by atoms with Crippen molar-refractivity contribution in [3.05, 3.63) is 59.7 Å². The standard InChI is InChI=1S/C30H29NO11/c1-37-17-9-8-14-16-11-39-26-19(23(16)40-24(14)25(17)38-2)15(13-6-4-3-5-7-13)10-18-20(26)31-12-30(41-18)28(34)22(33)21(32)27(42-30)29(35)36/h3-10,16,21-23,27-28,31-34H,11-12H2,1-2H3,(H,35,36). The highest BCUT2D eigenvalue weighted by atomic mass is 16.7. The van der Waals surface area contributed by atoms with Gasteiger partial charge in [-0.1, -0.05) is 36.4 Å². The molecular weight excluding hydrogens is 550 g/mol. The third-order valence-corrected chi connectivity index (χ3v) is 8.40. The molecule has 7 unspecified atom stereocenters. The summed E-state index contributed by atoms with van der Waals surface area (Å²) in [5.74, 6) is -1.36. The number of methoxy groups -OCH3 is 2. The molecule has 1 saturated heterocycles. The fraction of sp³-hybridized carbons (Fsp3) is 0.367. The van der Waals surface area contributed by atoms with Crippen LogP contribution in [0.5, 0.6) is 28.7 Å². The third-order valence-electron chi connectivity index (χ3n) is 8.40. The first-order valence-corrected chi connectivity index (χ1v) is 13.5. The van der Waals surface area contributed by atoms with E-state index in [4.69, 9.17) is 28.4 Å². The molecule has 1 fully saturated rings. The maximum Gasteiger partial charge on any atom is 0.335 e. The maximum atomic E-state index is 11.8. The van der Waals surface area contributed by atoms with Crippen LogP contribution in [0.15, 0.2) is 48.5 Å². The molecule has 3 aromatic carbocycles. The van der Waals surface area contributed by atoms with Crippen molar-refractivity contribution in [1.29, 1.82) is 0 Å². The van der Waals surface area contributed by atoms with Gasteiger partial charge >= 0.3 is 5.97 Å². The molecular formula is C30H29NO11. The minimum absolute atomic E-state index is 0.153. The van der Waals surface area contributed by atoms with Gasteiger partial charge in [0.15, 0.2) is 29.1 Å². The van der Waals surface area contributed by atoms with Crippen molar-refractivity contribution in [2.75, 3.05) is 32.7 Å². The molecule has 12 nitrogen and oxygen atoms in total. The van der Waals surface area contributed by atoms with Crippen molar-refractivity contribution in [2.45, 2.75) is 42.2 Å². The number of carboxylic acids is 1. The normalized spacial score (nSPS) is 30.3. The molecule has 12 heteroatoms. The van der Waals surface area contributed by atoms with E-state index in [9.17, 15) is 25.2 Å². The lowest BCUT2D eigenvalue weighted by atomic mass is 9.84. The highest BCUT2D eigenvalue weighted by Gasteiger charge is 2.59. The Labute approximate surface area is 239 Å². The van der Waals surface area contributed by atoms with Crippen molar-refractivity contribution >= 4 is 11.7 Å². The number of nitrogens with one attached hydrogen (secondary N) is 1. The lowest BCUT2D eigenvalue weighted by Crippen LogP contribution is -2.71. The van der Waals surface area contributed by atoms with Crippen LogP contribution in [0, 0.1) is 0 Å². The van der Waals surface area contributed by atoms with Crippen LogP contribution in [-0.4, -0.2) is 84.0 Å². The van der Waals surface area contributed by atoms with Gasteiger partial charge in [0.05, 0.1) is 33.3 Å². The van der Waals surface area contributed by atoms with Gasteiger partial charge in [0.25, 0.3) is 5.79 Å². The first-order chi connectivity index (χ1) is 20.3. The number of carboxylic acid groups (broad SMARTS) is 1. The van der Waals surface area contributed by atoms with Crippen LogP contribution in [0.25, 0.3) is 11.1 Å². The second-order valence-electron chi connectivity index (χ2n) is 10.7. The van der Waals surface area contributed by atoms with Crippen LogP contribution >= 0.6 is 0 Å². The highest BCUT2D eigenvalue weighted by Crippen LogP contribution is 2.60. The number of rotatable bonds is 4. The summed E-state index contributed by atoms with van der Waals surface area (Å²) in [6.07, 6.45) is -7.72. The van der Waals surface area contributed by atoms with Crippen molar-refractivity contribution in [1.82, 2.24) is 0 Å². The summed E-state index contributed by atoms with van der Waals surface area (Å²) < 4.78 is 36.0. The summed E-state index contributed by atoms with van der Waals surface area (Å²) in [5, 5.41) is 44.4. The molecule has 0 saturated carbocycles. The summed E-state index contributed by atoms with van der Waals surface area (Å²) in [6.45, 7) is 0.0399. The van der Waals surface area contributed by atoms with E-state index in [0.717, 1.165) is 22.3 Å². The number of carbonyl (C=O) groups is 1. The molecule has 0 aliphatic carbocycles. The number of fused-ring (bicyclic) bond motifs is 7. The molecule has 4 heterocycles. The number of aliphatic hydroxyl groups excluding tert-OH is 3. The van der Waals surface area contributed by atoms with Gasteiger partial charge in [0.2, 0.25) is 5.75 Å². The zero-order valence-electron chi connectivity index (χ0n) is 22.6.